The molecule has 2 N–H and O–H groups in total. The van der Waals surface area contributed by atoms with Gasteiger partial charge in [-0.05, 0) is 18.2 Å². The molecule has 0 atom stereocenters. The number of benzene rings is 3. The van der Waals surface area contributed by atoms with Crippen LogP contribution in [0, 0.1) is 0 Å². The van der Waals surface area contributed by atoms with Gasteiger partial charge in [-0.15, -0.1) is 11.3 Å². The van der Waals surface area contributed by atoms with Crippen LogP contribution in [0.25, 0.3) is 27.0 Å². The number of nitrogens with zero attached hydrogens (tertiary/aromatic N) is 3. The highest BCUT2D eigenvalue weighted by molar-refractivity contribution is 7.21. The highest BCUT2D eigenvalue weighted by Gasteiger charge is 2.17. The Hall–Kier alpha value is -4.27. The molecular formula is C27H20ClN5O2S. The molecule has 0 saturated carbocycles. The number of thiophene rings is 1. The number of carbonyl (C=O) groups excluding carboxylic acids is 2. The van der Waals surface area contributed by atoms with Gasteiger partial charge < -0.3 is 5.32 Å². The Morgan fingerprint density at radius 2 is 1.67 bits per heavy atom. The zero-order chi connectivity index (χ0) is 24.9. The zero-order valence-corrected chi connectivity index (χ0v) is 20.5. The lowest BCUT2D eigenvalue weighted by atomic mass is 10.1. The molecule has 2 aromatic heterocycles. The monoisotopic (exact) mass is 513 g/mol. The lowest BCUT2D eigenvalue weighted by molar-refractivity contribution is -0.120. The number of hydrogen-bond donors (Lipinski definition) is 2. The van der Waals surface area contributed by atoms with E-state index in [-0.39, 0.29) is 6.54 Å². The molecule has 2 heterocycles. The molecule has 9 heteroatoms. The van der Waals surface area contributed by atoms with Crippen LogP contribution in [0.4, 0.5) is 0 Å². The van der Waals surface area contributed by atoms with Gasteiger partial charge in [0.05, 0.1) is 23.5 Å². The summed E-state index contributed by atoms with van der Waals surface area (Å²) in [7, 11) is 0. The van der Waals surface area contributed by atoms with E-state index in [1.807, 2.05) is 91.1 Å². The maximum atomic E-state index is 12.6. The van der Waals surface area contributed by atoms with Crippen molar-refractivity contribution >= 4 is 51.1 Å². The molecule has 0 aliphatic carbocycles. The minimum absolute atomic E-state index is 0.241. The third-order valence-corrected chi connectivity index (χ3v) is 7.03. The van der Waals surface area contributed by atoms with Crippen LogP contribution in [0.2, 0.25) is 5.02 Å². The van der Waals surface area contributed by atoms with Gasteiger partial charge in [0.2, 0.25) is 0 Å². The summed E-state index contributed by atoms with van der Waals surface area (Å²) in [6, 6.07) is 27.0. The van der Waals surface area contributed by atoms with Crippen molar-refractivity contribution in [3.05, 3.63) is 107 Å². The number of hydrazone groups is 1. The quantitative estimate of drug-likeness (QED) is 0.229. The minimum atomic E-state index is -0.464. The normalized spacial score (nSPS) is 11.1. The molecule has 0 aliphatic rings. The van der Waals surface area contributed by atoms with Crippen molar-refractivity contribution in [1.29, 1.82) is 0 Å². The van der Waals surface area contributed by atoms with Crippen molar-refractivity contribution in [2.75, 3.05) is 6.54 Å². The van der Waals surface area contributed by atoms with Gasteiger partial charge in [-0.1, -0.05) is 78.3 Å². The van der Waals surface area contributed by atoms with Gasteiger partial charge >= 0.3 is 0 Å². The second-order valence-electron chi connectivity index (χ2n) is 7.80. The molecule has 0 radical (unpaired) electrons. The predicted molar refractivity (Wildman–Crippen MR) is 144 cm³/mol. The van der Waals surface area contributed by atoms with E-state index in [0.29, 0.717) is 9.90 Å². The number of aromatic nitrogens is 2. The van der Waals surface area contributed by atoms with Crippen LogP contribution in [-0.4, -0.2) is 34.4 Å². The fraction of sp³-hybridized carbons (Fsp3) is 0.0370. The van der Waals surface area contributed by atoms with Crippen LogP contribution < -0.4 is 10.7 Å². The number of amides is 2. The Kier molecular flexibility index (Phi) is 6.88. The van der Waals surface area contributed by atoms with E-state index in [0.717, 1.165) is 32.6 Å². The van der Waals surface area contributed by atoms with Gasteiger partial charge in [-0.2, -0.15) is 10.2 Å². The van der Waals surface area contributed by atoms with Gasteiger partial charge in [-0.3, -0.25) is 9.59 Å². The lowest BCUT2D eigenvalue weighted by Gasteiger charge is -2.03. The van der Waals surface area contributed by atoms with E-state index >= 15 is 0 Å². The number of para-hydroxylation sites is 1. The molecule has 7 nitrogen and oxygen atoms in total. The van der Waals surface area contributed by atoms with Crippen molar-refractivity contribution in [3.63, 3.8) is 0 Å². The summed E-state index contributed by atoms with van der Waals surface area (Å²) >= 11 is 7.63. The standard InChI is InChI=1S/C27H20ClN5O2S/c28-24-21-13-7-8-14-22(21)36-26(24)27(35)29-16-23(34)31-30-15-19-17-33(20-11-5-2-6-12-20)32-25(19)18-9-3-1-4-10-18/h1-15,17H,16H2,(H,29,35)(H,31,34). The SMILES string of the molecule is O=C(CNC(=O)c1sc2ccccc2c1Cl)NN=Cc1cn(-c2ccccc2)nc1-c1ccccc1. The first-order chi connectivity index (χ1) is 17.6. The molecule has 178 valence electrons. The molecule has 0 spiro atoms. The van der Waals surface area contributed by atoms with Crippen LogP contribution in [0.15, 0.2) is 96.2 Å². The van der Waals surface area contributed by atoms with Crippen molar-refractivity contribution in [3.8, 4) is 16.9 Å². The van der Waals surface area contributed by atoms with Crippen molar-refractivity contribution in [2.24, 2.45) is 5.10 Å². The van der Waals surface area contributed by atoms with Crippen LogP contribution in [0.3, 0.4) is 0 Å². The summed E-state index contributed by atoms with van der Waals surface area (Å²) in [5.74, 6) is -0.871. The summed E-state index contributed by atoms with van der Waals surface area (Å²) in [4.78, 5) is 25.2. The van der Waals surface area contributed by atoms with E-state index in [2.05, 4.69) is 15.8 Å². The van der Waals surface area contributed by atoms with E-state index in [9.17, 15) is 9.59 Å². The third-order valence-electron chi connectivity index (χ3n) is 5.35. The van der Waals surface area contributed by atoms with Gasteiger partial charge in [0.1, 0.15) is 10.6 Å². The van der Waals surface area contributed by atoms with E-state index in [1.54, 1.807) is 4.68 Å². The maximum absolute atomic E-state index is 12.6. The first kappa shape index (κ1) is 23.5. The molecule has 3 aromatic carbocycles. The summed E-state index contributed by atoms with van der Waals surface area (Å²) in [5.41, 5.74) is 5.74. The first-order valence-corrected chi connectivity index (χ1v) is 12.3. The Morgan fingerprint density at radius 3 is 2.42 bits per heavy atom. The molecule has 0 saturated heterocycles. The third kappa shape index (κ3) is 5.05. The van der Waals surface area contributed by atoms with E-state index in [4.69, 9.17) is 16.7 Å². The van der Waals surface area contributed by atoms with E-state index in [1.165, 1.54) is 17.6 Å². The molecule has 36 heavy (non-hydrogen) atoms. The van der Waals surface area contributed by atoms with Crippen molar-refractivity contribution < 1.29 is 9.59 Å². The molecule has 2 amide bonds. The Bertz CT molecular complexity index is 1560. The predicted octanol–water partition coefficient (Wildman–Crippen LogP) is 5.29. The number of rotatable bonds is 7. The van der Waals surface area contributed by atoms with Crippen molar-refractivity contribution in [1.82, 2.24) is 20.5 Å². The number of fused-ring (bicyclic) bond motifs is 1. The number of carbonyl (C=O) groups is 2. The largest absolute Gasteiger partial charge is 0.342 e. The molecule has 5 rings (SSSR count). The van der Waals surface area contributed by atoms with Gasteiger partial charge in [-0.25, -0.2) is 10.1 Å². The van der Waals surface area contributed by atoms with Crippen LogP contribution in [0.5, 0.6) is 0 Å². The maximum Gasteiger partial charge on any atom is 0.263 e. The molecule has 5 aromatic rings. The number of halogens is 1. The van der Waals surface area contributed by atoms with Crippen LogP contribution >= 0.6 is 22.9 Å². The fourth-order valence-corrected chi connectivity index (χ4v) is 5.06. The fourth-order valence-electron chi connectivity index (χ4n) is 3.63. The second kappa shape index (κ2) is 10.6. The number of hydrogen-bond acceptors (Lipinski definition) is 5. The summed E-state index contributed by atoms with van der Waals surface area (Å²) in [5, 5.41) is 12.6. The van der Waals surface area contributed by atoms with Crippen LogP contribution in [0.1, 0.15) is 15.2 Å². The molecule has 0 unspecified atom stereocenters. The second-order valence-corrected chi connectivity index (χ2v) is 9.23. The molecule has 0 aliphatic heterocycles. The number of nitrogens with one attached hydrogen (secondary N) is 2. The Labute approximate surface area is 216 Å². The van der Waals surface area contributed by atoms with Gasteiger partial charge in [0.25, 0.3) is 11.8 Å². The highest BCUT2D eigenvalue weighted by atomic mass is 35.5. The van der Waals surface area contributed by atoms with E-state index < -0.39 is 11.8 Å². The Balaban J connectivity index is 1.26. The van der Waals surface area contributed by atoms with Gasteiger partial charge in [0, 0.05) is 27.4 Å². The highest BCUT2D eigenvalue weighted by Crippen LogP contribution is 2.34. The Morgan fingerprint density at radius 1 is 0.972 bits per heavy atom. The first-order valence-electron chi connectivity index (χ1n) is 11.1. The summed E-state index contributed by atoms with van der Waals surface area (Å²) in [6.07, 6.45) is 3.38. The molecule has 0 bridgehead atoms. The average molecular weight is 514 g/mol. The zero-order valence-electron chi connectivity index (χ0n) is 18.9. The smallest absolute Gasteiger partial charge is 0.263 e. The lowest BCUT2D eigenvalue weighted by Crippen LogP contribution is -2.34. The molecular weight excluding hydrogens is 494 g/mol. The topological polar surface area (TPSA) is 88.4 Å². The summed E-state index contributed by atoms with van der Waals surface area (Å²) in [6.45, 7) is -0.241. The van der Waals surface area contributed by atoms with Crippen LogP contribution in [-0.2, 0) is 4.79 Å². The van der Waals surface area contributed by atoms with Gasteiger partial charge in [0.15, 0.2) is 0 Å². The van der Waals surface area contributed by atoms with Crippen molar-refractivity contribution in [2.45, 2.75) is 0 Å². The minimum Gasteiger partial charge on any atom is -0.342 e. The average Bonchev–Trinajstić information content (AvgIpc) is 3.50. The summed E-state index contributed by atoms with van der Waals surface area (Å²) < 4.78 is 2.67. The molecule has 0 fully saturated rings.